The number of aromatic hydroxyl groups is 1. The Morgan fingerprint density at radius 1 is 1.24 bits per heavy atom. The van der Waals surface area contributed by atoms with Crippen LogP contribution in [0, 0.1) is 11.6 Å². The number of hydrogen-bond donors (Lipinski definition) is 3. The molecule has 0 spiro atoms. The summed E-state index contributed by atoms with van der Waals surface area (Å²) in [5, 5.41) is 22.3. The second-order valence-electron chi connectivity index (χ2n) is 5.15. The zero-order chi connectivity index (χ0) is 18.1. The third-order valence-corrected chi connectivity index (χ3v) is 3.55. The summed E-state index contributed by atoms with van der Waals surface area (Å²) in [6.07, 6.45) is 1.30. The molecule has 3 rings (SSSR count). The number of nitrogens with one attached hydrogen (secondary N) is 1. The van der Waals surface area contributed by atoms with Crippen LogP contribution in [0.2, 0.25) is 0 Å². The number of fused-ring (bicyclic) bond motifs is 1. The van der Waals surface area contributed by atoms with Gasteiger partial charge in [-0.15, -0.1) is 4.73 Å². The highest BCUT2D eigenvalue weighted by atomic mass is 19.2. The van der Waals surface area contributed by atoms with Gasteiger partial charge in [-0.25, -0.2) is 13.8 Å². The summed E-state index contributed by atoms with van der Waals surface area (Å²) < 4.78 is 26.2. The number of rotatable bonds is 3. The molecule has 7 nitrogen and oxygen atoms in total. The summed E-state index contributed by atoms with van der Waals surface area (Å²) >= 11 is 0. The highest BCUT2D eigenvalue weighted by Crippen LogP contribution is 2.24. The van der Waals surface area contributed by atoms with E-state index in [1.165, 1.54) is 24.4 Å². The highest BCUT2D eigenvalue weighted by molar-refractivity contribution is 6.01. The lowest BCUT2D eigenvalue weighted by Gasteiger charge is -2.10. The number of nitrogens with zero attached hydrogens (tertiary/aromatic N) is 2. The van der Waals surface area contributed by atoms with E-state index in [4.69, 9.17) is 0 Å². The first-order valence-electron chi connectivity index (χ1n) is 7.04. The standard InChI is InChI=1S/C16H11F2N3O4/c17-10-4-3-8(6-11(10)18)7-20-15(23)12-13(22)9-2-1-5-19-14(9)21(25)16(12)24/h1-6,22,25H,7H2,(H,20,23). The van der Waals surface area contributed by atoms with Crippen LogP contribution in [0.4, 0.5) is 8.78 Å². The number of carbonyl (C=O) groups excluding carboxylic acids is 1. The smallest absolute Gasteiger partial charge is 0.301 e. The maximum atomic E-state index is 13.2. The van der Waals surface area contributed by atoms with Gasteiger partial charge in [0.25, 0.3) is 5.91 Å². The summed E-state index contributed by atoms with van der Waals surface area (Å²) in [7, 11) is 0. The zero-order valence-electron chi connectivity index (χ0n) is 12.5. The van der Waals surface area contributed by atoms with Crippen molar-refractivity contribution in [1.82, 2.24) is 15.0 Å². The van der Waals surface area contributed by atoms with Crippen molar-refractivity contribution in [3.05, 3.63) is 69.6 Å². The van der Waals surface area contributed by atoms with E-state index in [2.05, 4.69) is 10.3 Å². The lowest BCUT2D eigenvalue weighted by Crippen LogP contribution is -2.32. The van der Waals surface area contributed by atoms with Gasteiger partial charge < -0.3 is 15.6 Å². The zero-order valence-corrected chi connectivity index (χ0v) is 12.5. The van der Waals surface area contributed by atoms with Crippen molar-refractivity contribution >= 4 is 16.9 Å². The molecule has 0 radical (unpaired) electrons. The van der Waals surface area contributed by atoms with Gasteiger partial charge in [-0.1, -0.05) is 6.07 Å². The van der Waals surface area contributed by atoms with Crippen LogP contribution in [0.15, 0.2) is 41.3 Å². The van der Waals surface area contributed by atoms with Crippen LogP contribution in [-0.2, 0) is 6.54 Å². The molecule has 1 aromatic carbocycles. The molecule has 2 aromatic heterocycles. The molecule has 25 heavy (non-hydrogen) atoms. The summed E-state index contributed by atoms with van der Waals surface area (Å²) in [6.45, 7) is -0.217. The van der Waals surface area contributed by atoms with E-state index in [1.54, 1.807) is 0 Å². The summed E-state index contributed by atoms with van der Waals surface area (Å²) in [6, 6.07) is 5.87. The summed E-state index contributed by atoms with van der Waals surface area (Å²) in [5.74, 6) is -3.73. The minimum absolute atomic E-state index is 0.00239. The van der Waals surface area contributed by atoms with Crippen LogP contribution in [0.3, 0.4) is 0 Å². The molecule has 3 aromatic rings. The van der Waals surface area contributed by atoms with Gasteiger partial charge in [-0.3, -0.25) is 9.59 Å². The number of aromatic nitrogens is 2. The quantitative estimate of drug-likeness (QED) is 0.624. The van der Waals surface area contributed by atoms with Gasteiger partial charge in [0.2, 0.25) is 0 Å². The van der Waals surface area contributed by atoms with E-state index >= 15 is 0 Å². The molecule has 0 unspecified atom stereocenters. The second kappa shape index (κ2) is 6.19. The van der Waals surface area contributed by atoms with E-state index < -0.39 is 34.4 Å². The maximum absolute atomic E-state index is 13.2. The Morgan fingerprint density at radius 2 is 2.00 bits per heavy atom. The van der Waals surface area contributed by atoms with Crippen molar-refractivity contribution in [2.24, 2.45) is 0 Å². The van der Waals surface area contributed by atoms with Crippen molar-refractivity contribution in [3.8, 4) is 5.75 Å². The molecule has 128 valence electrons. The SMILES string of the molecule is O=C(NCc1ccc(F)c(F)c1)c1c(O)c2cccnc2n(O)c1=O. The van der Waals surface area contributed by atoms with Crippen LogP contribution in [0.25, 0.3) is 11.0 Å². The van der Waals surface area contributed by atoms with Gasteiger partial charge in [0.1, 0.15) is 5.75 Å². The molecule has 0 aliphatic carbocycles. The third kappa shape index (κ3) is 2.87. The Morgan fingerprint density at radius 3 is 2.72 bits per heavy atom. The molecule has 1 amide bonds. The molecule has 2 heterocycles. The molecule has 0 bridgehead atoms. The van der Waals surface area contributed by atoms with Gasteiger partial charge in [0, 0.05) is 12.7 Å². The number of amides is 1. The van der Waals surface area contributed by atoms with Gasteiger partial charge in [-0.05, 0) is 29.8 Å². The number of hydrogen-bond acceptors (Lipinski definition) is 5. The highest BCUT2D eigenvalue weighted by Gasteiger charge is 2.22. The molecule has 3 N–H and O–H groups in total. The molecule has 0 atom stereocenters. The van der Waals surface area contributed by atoms with Crippen molar-refractivity contribution in [3.63, 3.8) is 0 Å². The number of halogens is 2. The Kier molecular flexibility index (Phi) is 4.05. The normalized spacial score (nSPS) is 10.8. The molecular weight excluding hydrogens is 336 g/mol. The van der Waals surface area contributed by atoms with Crippen molar-refractivity contribution < 1.29 is 23.9 Å². The number of pyridine rings is 2. The molecule has 0 aliphatic heterocycles. The Labute approximate surface area is 138 Å². The average molecular weight is 347 g/mol. The van der Waals surface area contributed by atoms with Crippen LogP contribution in [-0.4, -0.2) is 25.9 Å². The number of carbonyl (C=O) groups is 1. The van der Waals surface area contributed by atoms with Crippen LogP contribution in [0.5, 0.6) is 5.75 Å². The van der Waals surface area contributed by atoms with Crippen LogP contribution < -0.4 is 10.9 Å². The van der Waals surface area contributed by atoms with Crippen LogP contribution in [0.1, 0.15) is 15.9 Å². The molecule has 0 saturated heterocycles. The van der Waals surface area contributed by atoms with E-state index in [1.807, 2.05) is 0 Å². The average Bonchev–Trinajstić information content (AvgIpc) is 2.61. The van der Waals surface area contributed by atoms with Gasteiger partial charge in [-0.2, -0.15) is 0 Å². The summed E-state index contributed by atoms with van der Waals surface area (Å²) in [4.78, 5) is 28.1. The van der Waals surface area contributed by atoms with E-state index in [9.17, 15) is 28.7 Å². The van der Waals surface area contributed by atoms with Crippen molar-refractivity contribution in [1.29, 1.82) is 0 Å². The lowest BCUT2D eigenvalue weighted by atomic mass is 10.1. The first-order chi connectivity index (χ1) is 11.9. The lowest BCUT2D eigenvalue weighted by molar-refractivity contribution is 0.0940. The van der Waals surface area contributed by atoms with E-state index in [-0.39, 0.29) is 27.9 Å². The second-order valence-corrected chi connectivity index (χ2v) is 5.15. The van der Waals surface area contributed by atoms with E-state index in [0.29, 0.717) is 0 Å². The van der Waals surface area contributed by atoms with Gasteiger partial charge >= 0.3 is 5.56 Å². The minimum Gasteiger partial charge on any atom is -0.506 e. The largest absolute Gasteiger partial charge is 0.506 e. The fourth-order valence-electron chi connectivity index (χ4n) is 2.31. The Balaban J connectivity index is 1.94. The fraction of sp³-hybridized carbons (Fsp3) is 0.0625. The van der Waals surface area contributed by atoms with Crippen LogP contribution >= 0.6 is 0 Å². The molecular formula is C16H11F2N3O4. The first kappa shape index (κ1) is 16.4. The fourth-order valence-corrected chi connectivity index (χ4v) is 2.31. The number of benzene rings is 1. The van der Waals surface area contributed by atoms with Gasteiger partial charge in [0.15, 0.2) is 22.8 Å². The van der Waals surface area contributed by atoms with E-state index in [0.717, 1.165) is 12.1 Å². The molecule has 9 heteroatoms. The van der Waals surface area contributed by atoms with Crippen molar-refractivity contribution in [2.75, 3.05) is 0 Å². The van der Waals surface area contributed by atoms with Gasteiger partial charge in [0.05, 0.1) is 5.39 Å². The minimum atomic E-state index is -1.16. The predicted octanol–water partition coefficient (Wildman–Crippen LogP) is 1.55. The Bertz CT molecular complexity index is 1050. The first-order valence-corrected chi connectivity index (χ1v) is 7.04. The Hall–Kier alpha value is -3.49. The van der Waals surface area contributed by atoms with Crippen molar-refractivity contribution in [2.45, 2.75) is 6.54 Å². The molecule has 0 fully saturated rings. The molecule has 0 aliphatic rings. The maximum Gasteiger partial charge on any atom is 0.301 e. The predicted molar refractivity (Wildman–Crippen MR) is 82.4 cm³/mol. The topological polar surface area (TPSA) is 104 Å². The summed E-state index contributed by atoms with van der Waals surface area (Å²) in [5.41, 5.74) is -1.81. The monoisotopic (exact) mass is 347 g/mol. The third-order valence-electron chi connectivity index (χ3n) is 3.55. The molecule has 0 saturated carbocycles.